The molecule has 0 saturated carbocycles. The Hall–Kier alpha value is -4.15. The van der Waals surface area contributed by atoms with Crippen LogP contribution in [0.5, 0.6) is 5.75 Å². The first kappa shape index (κ1) is 21.7. The minimum atomic E-state index is -1.60. The van der Waals surface area contributed by atoms with Crippen LogP contribution >= 0.6 is 0 Å². The molecule has 34 heavy (non-hydrogen) atoms. The Kier molecular flexibility index (Phi) is 4.92. The Bertz CT molecular complexity index is 1210. The van der Waals surface area contributed by atoms with Gasteiger partial charge in [0.25, 0.3) is 5.69 Å². The summed E-state index contributed by atoms with van der Waals surface area (Å²) >= 11 is 0. The van der Waals surface area contributed by atoms with E-state index in [4.69, 9.17) is 4.74 Å². The average molecular weight is 465 g/mol. The van der Waals surface area contributed by atoms with E-state index in [2.05, 4.69) is 10.2 Å². The van der Waals surface area contributed by atoms with Crippen LogP contribution in [0.4, 0.5) is 21.9 Å². The first-order valence-electron chi connectivity index (χ1n) is 10.8. The van der Waals surface area contributed by atoms with Gasteiger partial charge in [0.05, 0.1) is 18.1 Å². The molecule has 0 aliphatic carbocycles. The van der Waals surface area contributed by atoms with Crippen molar-refractivity contribution < 1.29 is 24.0 Å². The highest BCUT2D eigenvalue weighted by Crippen LogP contribution is 2.46. The lowest BCUT2D eigenvalue weighted by molar-refractivity contribution is -0.384. The molecule has 3 aliphatic rings. The van der Waals surface area contributed by atoms with E-state index in [-0.39, 0.29) is 12.1 Å². The van der Waals surface area contributed by atoms with Crippen LogP contribution in [-0.4, -0.2) is 67.5 Å². The van der Waals surface area contributed by atoms with Crippen LogP contribution < -0.4 is 19.9 Å². The number of benzene rings is 2. The summed E-state index contributed by atoms with van der Waals surface area (Å²) in [6, 6.07) is 10.7. The number of carbonyl (C=O) groups excluding carboxylic acids is 3. The summed E-state index contributed by atoms with van der Waals surface area (Å²) < 4.78 is 5.24. The molecule has 0 radical (unpaired) electrons. The molecule has 0 bridgehead atoms. The third-order valence-corrected chi connectivity index (χ3v) is 7.06. The smallest absolute Gasteiger partial charge is 0.330 e. The fourth-order valence-corrected chi connectivity index (χ4v) is 5.28. The number of ether oxygens (including phenoxy) is 1. The second kappa shape index (κ2) is 7.72. The first-order valence-corrected chi connectivity index (χ1v) is 10.8. The Morgan fingerprint density at radius 2 is 1.85 bits per heavy atom. The Labute approximate surface area is 195 Å². The molecule has 1 N–H and O–H groups in total. The molecule has 2 saturated heterocycles. The molecule has 4 amide bonds. The average Bonchev–Trinajstić information content (AvgIpc) is 2.85. The zero-order valence-corrected chi connectivity index (χ0v) is 18.7. The van der Waals surface area contributed by atoms with Crippen molar-refractivity contribution in [2.75, 3.05) is 43.6 Å². The Morgan fingerprint density at radius 3 is 2.53 bits per heavy atom. The van der Waals surface area contributed by atoms with E-state index >= 15 is 0 Å². The fourth-order valence-electron chi connectivity index (χ4n) is 5.28. The zero-order chi connectivity index (χ0) is 24.2. The Morgan fingerprint density at radius 1 is 1.12 bits per heavy atom. The lowest BCUT2D eigenvalue weighted by Gasteiger charge is -2.55. The molecule has 2 fully saturated rings. The van der Waals surface area contributed by atoms with Gasteiger partial charge in [0.2, 0.25) is 11.8 Å². The maximum atomic E-state index is 13.6. The number of amides is 4. The number of anilines is 2. The second-order valence-electron chi connectivity index (χ2n) is 8.69. The van der Waals surface area contributed by atoms with E-state index in [1.807, 2.05) is 29.2 Å². The van der Waals surface area contributed by atoms with Crippen molar-refractivity contribution in [1.82, 2.24) is 10.2 Å². The summed E-state index contributed by atoms with van der Waals surface area (Å²) in [4.78, 5) is 55.0. The van der Waals surface area contributed by atoms with Crippen molar-refractivity contribution in [3.8, 4) is 5.75 Å². The summed E-state index contributed by atoms with van der Waals surface area (Å²) in [5.74, 6) is -0.566. The highest BCUT2D eigenvalue weighted by atomic mass is 16.6. The largest absolute Gasteiger partial charge is 0.497 e. The third-order valence-electron chi connectivity index (χ3n) is 7.06. The predicted molar refractivity (Wildman–Crippen MR) is 122 cm³/mol. The van der Waals surface area contributed by atoms with Gasteiger partial charge in [0, 0.05) is 56.6 Å². The van der Waals surface area contributed by atoms with Crippen molar-refractivity contribution in [2.45, 2.75) is 12.5 Å². The molecular formula is C23H23N5O6. The summed E-state index contributed by atoms with van der Waals surface area (Å²) in [6.07, 6.45) is -0.0378. The summed E-state index contributed by atoms with van der Waals surface area (Å²) in [6.45, 7) is 1.45. The van der Waals surface area contributed by atoms with E-state index in [0.29, 0.717) is 30.9 Å². The molecule has 2 aromatic carbocycles. The second-order valence-corrected chi connectivity index (χ2v) is 8.69. The minimum absolute atomic E-state index is 0.0378. The van der Waals surface area contributed by atoms with Crippen LogP contribution in [0.2, 0.25) is 0 Å². The maximum absolute atomic E-state index is 13.6. The number of barbiturate groups is 1. The van der Waals surface area contributed by atoms with Gasteiger partial charge in [0.15, 0.2) is 5.41 Å². The molecule has 0 unspecified atom stereocenters. The SMILES string of the molecule is COc1ccc(N2CCN3c4ccc([N+](=O)[O-])cc4C[C@@]4(C(=O)NC(=O)N(C)C4=O)[C@H]3C2)cc1. The number of piperazine rings is 1. The highest BCUT2D eigenvalue weighted by molar-refractivity contribution is 6.20. The number of imide groups is 2. The lowest BCUT2D eigenvalue weighted by Crippen LogP contribution is -2.74. The number of hydrogen-bond donors (Lipinski definition) is 1. The van der Waals surface area contributed by atoms with Crippen molar-refractivity contribution in [1.29, 1.82) is 0 Å². The fraction of sp³-hybridized carbons (Fsp3) is 0.348. The number of nitrogens with one attached hydrogen (secondary N) is 1. The van der Waals surface area contributed by atoms with Gasteiger partial charge in [-0.3, -0.25) is 29.9 Å². The molecule has 3 heterocycles. The van der Waals surface area contributed by atoms with E-state index < -0.39 is 34.2 Å². The van der Waals surface area contributed by atoms with Gasteiger partial charge < -0.3 is 14.5 Å². The number of urea groups is 1. The molecule has 0 aromatic heterocycles. The monoisotopic (exact) mass is 465 g/mol. The van der Waals surface area contributed by atoms with Crippen LogP contribution in [0.25, 0.3) is 0 Å². The quantitative estimate of drug-likeness (QED) is 0.411. The van der Waals surface area contributed by atoms with E-state index in [1.54, 1.807) is 13.2 Å². The number of methoxy groups -OCH3 is 1. The van der Waals surface area contributed by atoms with Crippen LogP contribution in [0.3, 0.4) is 0 Å². The molecule has 5 rings (SSSR count). The molecule has 176 valence electrons. The highest BCUT2D eigenvalue weighted by Gasteiger charge is 2.62. The van der Waals surface area contributed by atoms with E-state index in [0.717, 1.165) is 16.3 Å². The summed E-state index contributed by atoms with van der Waals surface area (Å²) in [7, 11) is 2.93. The summed E-state index contributed by atoms with van der Waals surface area (Å²) in [5, 5.41) is 13.7. The standard InChI is InChI=1S/C23H23N5O6/c1-25-21(30)23(20(29)24-22(25)31)12-14-11-16(28(32)33)5-8-18(14)27-10-9-26(13-19(23)27)15-3-6-17(34-2)7-4-15/h3-8,11,19H,9-10,12-13H2,1-2H3,(H,24,29,31)/t19-,23+/m1/s1. The van der Waals surface area contributed by atoms with Gasteiger partial charge in [-0.15, -0.1) is 0 Å². The lowest BCUT2D eigenvalue weighted by atomic mass is 9.67. The number of non-ortho nitro benzene ring substituents is 1. The van der Waals surface area contributed by atoms with Gasteiger partial charge in [-0.05, 0) is 35.9 Å². The number of fused-ring (bicyclic) bond motifs is 4. The molecule has 3 aliphatic heterocycles. The molecule has 11 nitrogen and oxygen atoms in total. The molecule has 1 spiro atoms. The molecule has 2 aromatic rings. The van der Waals surface area contributed by atoms with Gasteiger partial charge in [-0.25, -0.2) is 4.79 Å². The number of nitro benzene ring substituents is 1. The number of nitro groups is 1. The van der Waals surface area contributed by atoms with Crippen LogP contribution in [0, 0.1) is 15.5 Å². The third kappa shape index (κ3) is 3.07. The maximum Gasteiger partial charge on any atom is 0.330 e. The predicted octanol–water partition coefficient (Wildman–Crippen LogP) is 1.55. The van der Waals surface area contributed by atoms with Crippen molar-refractivity contribution in [2.24, 2.45) is 5.41 Å². The number of carbonyl (C=O) groups is 3. The molecule has 11 heteroatoms. The van der Waals surface area contributed by atoms with Gasteiger partial charge in [0.1, 0.15) is 5.75 Å². The number of nitrogens with zero attached hydrogens (tertiary/aromatic N) is 4. The van der Waals surface area contributed by atoms with E-state index in [1.165, 1.54) is 19.2 Å². The minimum Gasteiger partial charge on any atom is -0.497 e. The number of hydrogen-bond acceptors (Lipinski definition) is 8. The van der Waals surface area contributed by atoms with Crippen LogP contribution in [0.1, 0.15) is 5.56 Å². The van der Waals surface area contributed by atoms with Gasteiger partial charge in [-0.1, -0.05) is 0 Å². The van der Waals surface area contributed by atoms with E-state index in [9.17, 15) is 24.5 Å². The van der Waals surface area contributed by atoms with Crippen molar-refractivity contribution in [3.05, 3.63) is 58.1 Å². The van der Waals surface area contributed by atoms with Gasteiger partial charge in [-0.2, -0.15) is 0 Å². The van der Waals surface area contributed by atoms with Crippen molar-refractivity contribution in [3.63, 3.8) is 0 Å². The van der Waals surface area contributed by atoms with Gasteiger partial charge >= 0.3 is 6.03 Å². The van der Waals surface area contributed by atoms with Crippen LogP contribution in [-0.2, 0) is 16.0 Å². The normalized spacial score (nSPS) is 24.0. The Balaban J connectivity index is 1.61. The first-order chi connectivity index (χ1) is 16.3. The van der Waals surface area contributed by atoms with Crippen LogP contribution in [0.15, 0.2) is 42.5 Å². The molecular weight excluding hydrogens is 442 g/mol. The van der Waals surface area contributed by atoms with Crippen molar-refractivity contribution >= 4 is 34.9 Å². The molecule has 2 atom stereocenters. The number of rotatable bonds is 3. The summed E-state index contributed by atoms with van der Waals surface area (Å²) in [5.41, 5.74) is 0.497. The zero-order valence-electron chi connectivity index (χ0n) is 18.7. The topological polar surface area (TPSA) is 125 Å².